The highest BCUT2D eigenvalue weighted by Crippen LogP contribution is 2.27. The van der Waals surface area contributed by atoms with E-state index in [0.29, 0.717) is 17.9 Å². The first-order chi connectivity index (χ1) is 13.1. The summed E-state index contributed by atoms with van der Waals surface area (Å²) in [6.07, 6.45) is 3.42. The molecule has 0 amide bonds. The number of esters is 1. The van der Waals surface area contributed by atoms with Crippen LogP contribution in [0, 0.1) is 0 Å². The van der Waals surface area contributed by atoms with Crippen LogP contribution < -0.4 is 11.1 Å². The molecule has 3 rings (SSSR count). The molecule has 0 saturated heterocycles. The molecule has 1 aromatic heterocycles. The van der Waals surface area contributed by atoms with Crippen molar-refractivity contribution in [3.8, 4) is 11.1 Å². The summed E-state index contributed by atoms with van der Waals surface area (Å²) in [7, 11) is 1.37. The Morgan fingerprint density at radius 3 is 2.70 bits per heavy atom. The van der Waals surface area contributed by atoms with Crippen molar-refractivity contribution in [2.24, 2.45) is 0 Å². The number of pyridine rings is 1. The molecule has 0 atom stereocenters. The van der Waals surface area contributed by atoms with E-state index in [1.165, 1.54) is 7.11 Å². The summed E-state index contributed by atoms with van der Waals surface area (Å²) in [5.74, 6) is 0.122. The molecule has 0 fully saturated rings. The summed E-state index contributed by atoms with van der Waals surface area (Å²) in [5.41, 5.74) is 11.3. The van der Waals surface area contributed by atoms with Gasteiger partial charge in [-0.3, -0.25) is 0 Å². The van der Waals surface area contributed by atoms with Crippen LogP contribution in [0.4, 0.5) is 11.5 Å². The lowest BCUT2D eigenvalue weighted by Crippen LogP contribution is -2.04. The molecule has 3 aromatic rings. The van der Waals surface area contributed by atoms with Gasteiger partial charge in [-0.15, -0.1) is 0 Å². The van der Waals surface area contributed by atoms with Gasteiger partial charge in [0.05, 0.1) is 12.7 Å². The molecule has 2 aromatic carbocycles. The van der Waals surface area contributed by atoms with Crippen molar-refractivity contribution < 1.29 is 9.53 Å². The Hall–Kier alpha value is -3.60. The van der Waals surface area contributed by atoms with E-state index in [2.05, 4.69) is 29.0 Å². The van der Waals surface area contributed by atoms with Gasteiger partial charge in [-0.2, -0.15) is 0 Å². The van der Waals surface area contributed by atoms with Crippen LogP contribution in [-0.2, 0) is 11.3 Å². The predicted octanol–water partition coefficient (Wildman–Crippen LogP) is 4.37. The van der Waals surface area contributed by atoms with Gasteiger partial charge in [-0.1, -0.05) is 43.0 Å². The van der Waals surface area contributed by atoms with Crippen LogP contribution in [0.25, 0.3) is 17.2 Å². The molecular weight excluding hydrogens is 338 g/mol. The fraction of sp³-hybridized carbons (Fsp3) is 0.0909. The number of aromatic nitrogens is 1. The number of nitrogens with one attached hydrogen (secondary N) is 1. The van der Waals surface area contributed by atoms with Crippen LogP contribution in [0.15, 0.2) is 67.4 Å². The molecule has 0 aliphatic rings. The summed E-state index contributed by atoms with van der Waals surface area (Å²) in [6.45, 7) is 4.46. The Balaban J connectivity index is 1.73. The minimum absolute atomic E-state index is 0.349. The second-order valence-corrected chi connectivity index (χ2v) is 5.98. The lowest BCUT2D eigenvalue weighted by molar-refractivity contribution is 0.0601. The SMILES string of the molecule is C=Cc1c(-c2ccc(CNc3cccc(C(=O)OC)c3)cc2)ccnc1N. The van der Waals surface area contributed by atoms with Gasteiger partial charge in [0, 0.05) is 24.0 Å². The fourth-order valence-electron chi connectivity index (χ4n) is 2.84. The Labute approximate surface area is 158 Å². The number of methoxy groups -OCH3 is 1. The zero-order valence-corrected chi connectivity index (χ0v) is 15.1. The summed E-state index contributed by atoms with van der Waals surface area (Å²) < 4.78 is 4.75. The molecular formula is C22H21N3O2. The fourth-order valence-corrected chi connectivity index (χ4v) is 2.84. The first-order valence-electron chi connectivity index (χ1n) is 8.51. The van der Waals surface area contributed by atoms with Crippen molar-refractivity contribution in [1.82, 2.24) is 4.98 Å². The molecule has 5 heteroatoms. The molecule has 0 unspecified atom stereocenters. The van der Waals surface area contributed by atoms with E-state index in [1.54, 1.807) is 24.4 Å². The van der Waals surface area contributed by atoms with Crippen LogP contribution in [0.3, 0.4) is 0 Å². The number of carbonyl (C=O) groups is 1. The van der Waals surface area contributed by atoms with Crippen molar-refractivity contribution in [2.45, 2.75) is 6.54 Å². The van der Waals surface area contributed by atoms with Gasteiger partial charge in [-0.25, -0.2) is 9.78 Å². The van der Waals surface area contributed by atoms with E-state index in [1.807, 2.05) is 30.3 Å². The molecule has 0 aliphatic heterocycles. The molecule has 3 N–H and O–H groups in total. The molecule has 0 saturated carbocycles. The average molecular weight is 359 g/mol. The van der Waals surface area contributed by atoms with Crippen LogP contribution in [-0.4, -0.2) is 18.1 Å². The standard InChI is InChI=1S/C22H21N3O2/c1-3-19-20(11-12-24-21(19)23)16-9-7-15(8-10-16)14-25-18-6-4-5-17(13-18)22(26)27-2/h3-13,25H,1,14H2,2H3,(H2,23,24). The third-order valence-corrected chi connectivity index (χ3v) is 4.27. The summed E-state index contributed by atoms with van der Waals surface area (Å²) in [6, 6.07) is 17.4. The Morgan fingerprint density at radius 1 is 1.22 bits per heavy atom. The minimum atomic E-state index is -0.349. The smallest absolute Gasteiger partial charge is 0.337 e. The third-order valence-electron chi connectivity index (χ3n) is 4.27. The van der Waals surface area contributed by atoms with E-state index in [9.17, 15) is 4.79 Å². The monoisotopic (exact) mass is 359 g/mol. The van der Waals surface area contributed by atoms with E-state index in [-0.39, 0.29) is 5.97 Å². The summed E-state index contributed by atoms with van der Waals surface area (Å²) in [4.78, 5) is 15.7. The number of carbonyl (C=O) groups excluding carboxylic acids is 1. The van der Waals surface area contributed by atoms with Crippen LogP contribution in [0.2, 0.25) is 0 Å². The van der Waals surface area contributed by atoms with Gasteiger partial charge in [0.25, 0.3) is 0 Å². The number of ether oxygens (including phenoxy) is 1. The molecule has 27 heavy (non-hydrogen) atoms. The van der Waals surface area contributed by atoms with Gasteiger partial charge < -0.3 is 15.8 Å². The average Bonchev–Trinajstić information content (AvgIpc) is 2.72. The first-order valence-corrected chi connectivity index (χ1v) is 8.51. The molecule has 136 valence electrons. The van der Waals surface area contributed by atoms with Gasteiger partial charge in [0.15, 0.2) is 0 Å². The second-order valence-electron chi connectivity index (χ2n) is 5.98. The number of nitrogen functional groups attached to an aromatic ring is 1. The van der Waals surface area contributed by atoms with Crippen molar-refractivity contribution in [1.29, 1.82) is 0 Å². The summed E-state index contributed by atoms with van der Waals surface area (Å²) >= 11 is 0. The van der Waals surface area contributed by atoms with Crippen molar-refractivity contribution in [3.63, 3.8) is 0 Å². The van der Waals surface area contributed by atoms with Gasteiger partial charge in [0.1, 0.15) is 5.82 Å². The maximum absolute atomic E-state index is 11.6. The molecule has 0 radical (unpaired) electrons. The normalized spacial score (nSPS) is 10.3. The lowest BCUT2D eigenvalue weighted by Gasteiger charge is -2.11. The topological polar surface area (TPSA) is 77.2 Å². The number of nitrogens with zero attached hydrogens (tertiary/aromatic N) is 1. The number of hydrogen-bond donors (Lipinski definition) is 2. The predicted molar refractivity (Wildman–Crippen MR) is 109 cm³/mol. The maximum atomic E-state index is 11.6. The zero-order chi connectivity index (χ0) is 19.2. The number of rotatable bonds is 6. The molecule has 0 aliphatic carbocycles. The number of benzene rings is 2. The highest BCUT2D eigenvalue weighted by molar-refractivity contribution is 5.90. The molecule has 5 nitrogen and oxygen atoms in total. The van der Waals surface area contributed by atoms with E-state index >= 15 is 0 Å². The third kappa shape index (κ3) is 4.15. The van der Waals surface area contributed by atoms with Crippen LogP contribution in [0.1, 0.15) is 21.5 Å². The zero-order valence-electron chi connectivity index (χ0n) is 15.1. The Morgan fingerprint density at radius 2 is 2.00 bits per heavy atom. The van der Waals surface area contributed by atoms with Crippen molar-refractivity contribution >= 4 is 23.6 Å². The van der Waals surface area contributed by atoms with Crippen molar-refractivity contribution in [2.75, 3.05) is 18.2 Å². The highest BCUT2D eigenvalue weighted by atomic mass is 16.5. The lowest BCUT2D eigenvalue weighted by atomic mass is 9.99. The summed E-state index contributed by atoms with van der Waals surface area (Å²) in [5, 5.41) is 3.32. The second kappa shape index (κ2) is 8.19. The Bertz CT molecular complexity index is 966. The minimum Gasteiger partial charge on any atom is -0.465 e. The number of nitrogens with two attached hydrogens (primary N) is 1. The quantitative estimate of drug-likeness (QED) is 0.639. The Kier molecular flexibility index (Phi) is 5.52. The molecule has 0 spiro atoms. The van der Waals surface area contributed by atoms with Crippen LogP contribution in [0.5, 0.6) is 0 Å². The van der Waals surface area contributed by atoms with Crippen molar-refractivity contribution in [3.05, 3.63) is 84.1 Å². The largest absolute Gasteiger partial charge is 0.465 e. The molecule has 0 bridgehead atoms. The van der Waals surface area contributed by atoms with Crippen LogP contribution >= 0.6 is 0 Å². The number of anilines is 2. The van der Waals surface area contributed by atoms with Gasteiger partial charge >= 0.3 is 5.97 Å². The first kappa shape index (κ1) is 18.2. The van der Waals surface area contributed by atoms with Gasteiger partial charge in [0.2, 0.25) is 0 Å². The highest BCUT2D eigenvalue weighted by Gasteiger charge is 2.07. The van der Waals surface area contributed by atoms with Gasteiger partial charge in [-0.05, 0) is 41.0 Å². The van der Waals surface area contributed by atoms with E-state index in [0.717, 1.165) is 27.9 Å². The molecule has 1 heterocycles. The maximum Gasteiger partial charge on any atom is 0.337 e. The van der Waals surface area contributed by atoms with E-state index in [4.69, 9.17) is 10.5 Å². The number of hydrogen-bond acceptors (Lipinski definition) is 5. The van der Waals surface area contributed by atoms with E-state index < -0.39 is 0 Å².